The summed E-state index contributed by atoms with van der Waals surface area (Å²) in [5, 5.41) is 1.96. The van der Waals surface area contributed by atoms with Crippen molar-refractivity contribution in [3.8, 4) is 0 Å². The first-order valence-electron chi connectivity index (χ1n) is 5.18. The van der Waals surface area contributed by atoms with Crippen LogP contribution in [0.3, 0.4) is 0 Å². The summed E-state index contributed by atoms with van der Waals surface area (Å²) in [4.78, 5) is 18.6. The fraction of sp³-hybridized carbons (Fsp3) is 0.167. The Hall–Kier alpha value is -1.88. The summed E-state index contributed by atoms with van der Waals surface area (Å²) in [6.45, 7) is 0. The largest absolute Gasteiger partial charge is 0.396 e. The Labute approximate surface area is 104 Å². The van der Waals surface area contributed by atoms with Gasteiger partial charge in [0.25, 0.3) is 0 Å². The summed E-state index contributed by atoms with van der Waals surface area (Å²) in [6.07, 6.45) is 2.00. The van der Waals surface area contributed by atoms with Gasteiger partial charge < -0.3 is 5.73 Å². The molecule has 2 heterocycles. The van der Waals surface area contributed by atoms with Crippen molar-refractivity contribution in [2.75, 3.05) is 17.7 Å². The average Bonchev–Trinajstić information content (AvgIpc) is 2.81. The molecule has 0 bridgehead atoms. The van der Waals surface area contributed by atoms with Crippen molar-refractivity contribution in [1.82, 2.24) is 4.98 Å². The zero-order chi connectivity index (χ0) is 12.3. The van der Waals surface area contributed by atoms with Crippen LogP contribution >= 0.6 is 11.3 Å². The third-order valence-corrected chi connectivity index (χ3v) is 3.29. The zero-order valence-electron chi connectivity index (χ0n) is 9.46. The molecule has 0 aliphatic rings. The molecule has 2 aromatic heterocycles. The molecule has 4 nitrogen and oxygen atoms in total. The van der Waals surface area contributed by atoms with Gasteiger partial charge in [-0.05, 0) is 23.6 Å². The number of nitrogens with two attached hydrogens (primary N) is 1. The van der Waals surface area contributed by atoms with Crippen LogP contribution in [0.4, 0.5) is 11.5 Å². The lowest BCUT2D eigenvalue weighted by Gasteiger charge is -2.17. The minimum absolute atomic E-state index is 0.0159. The Morgan fingerprint density at radius 1 is 1.47 bits per heavy atom. The Kier molecular flexibility index (Phi) is 3.39. The van der Waals surface area contributed by atoms with Gasteiger partial charge in [-0.15, -0.1) is 11.3 Å². The van der Waals surface area contributed by atoms with E-state index in [-0.39, 0.29) is 5.91 Å². The van der Waals surface area contributed by atoms with E-state index < -0.39 is 0 Å². The second-order valence-electron chi connectivity index (χ2n) is 3.63. The van der Waals surface area contributed by atoms with E-state index >= 15 is 0 Å². The highest BCUT2D eigenvalue weighted by molar-refractivity contribution is 7.10. The van der Waals surface area contributed by atoms with Gasteiger partial charge in [-0.1, -0.05) is 6.07 Å². The van der Waals surface area contributed by atoms with Gasteiger partial charge in [-0.2, -0.15) is 0 Å². The van der Waals surface area contributed by atoms with Crippen molar-refractivity contribution in [3.63, 3.8) is 0 Å². The summed E-state index contributed by atoms with van der Waals surface area (Å²) in [5.74, 6) is 0.493. The van der Waals surface area contributed by atoms with Crippen molar-refractivity contribution in [1.29, 1.82) is 0 Å². The van der Waals surface area contributed by atoms with Crippen LogP contribution in [0, 0.1) is 0 Å². The number of aromatic nitrogens is 1. The summed E-state index contributed by atoms with van der Waals surface area (Å²) >= 11 is 1.57. The number of anilines is 2. The van der Waals surface area contributed by atoms with E-state index in [0.717, 1.165) is 4.88 Å². The van der Waals surface area contributed by atoms with E-state index in [1.54, 1.807) is 36.7 Å². The molecule has 1 amide bonds. The van der Waals surface area contributed by atoms with Crippen LogP contribution in [0.2, 0.25) is 0 Å². The standard InChI is InChI=1S/C12H13N3OS/c1-15(12-10(13)5-2-6-14-12)11(16)8-9-4-3-7-17-9/h2-7H,8,13H2,1H3. The molecule has 0 saturated heterocycles. The predicted molar refractivity (Wildman–Crippen MR) is 70.1 cm³/mol. The predicted octanol–water partition coefficient (Wildman–Crippen LogP) is 1.93. The van der Waals surface area contributed by atoms with Gasteiger partial charge in [0.1, 0.15) is 0 Å². The van der Waals surface area contributed by atoms with E-state index in [1.165, 1.54) is 4.90 Å². The highest BCUT2D eigenvalue weighted by Crippen LogP contribution is 2.19. The van der Waals surface area contributed by atoms with Gasteiger partial charge in [-0.3, -0.25) is 9.69 Å². The van der Waals surface area contributed by atoms with Crippen LogP contribution in [0.1, 0.15) is 4.88 Å². The van der Waals surface area contributed by atoms with Crippen molar-refractivity contribution in [3.05, 3.63) is 40.7 Å². The first kappa shape index (κ1) is 11.6. The van der Waals surface area contributed by atoms with Crippen molar-refractivity contribution in [2.24, 2.45) is 0 Å². The Morgan fingerprint density at radius 3 is 2.94 bits per heavy atom. The molecule has 0 unspecified atom stereocenters. The number of rotatable bonds is 3. The molecule has 0 aliphatic heterocycles. The number of hydrogen-bond acceptors (Lipinski definition) is 4. The van der Waals surface area contributed by atoms with Crippen LogP contribution in [0.15, 0.2) is 35.8 Å². The van der Waals surface area contributed by atoms with Gasteiger partial charge in [0.2, 0.25) is 5.91 Å². The molecule has 0 atom stereocenters. The number of hydrogen-bond donors (Lipinski definition) is 1. The van der Waals surface area contributed by atoms with Gasteiger partial charge in [0.05, 0.1) is 12.1 Å². The first-order chi connectivity index (χ1) is 8.18. The molecule has 17 heavy (non-hydrogen) atoms. The van der Waals surface area contributed by atoms with E-state index in [1.807, 2.05) is 17.5 Å². The number of carbonyl (C=O) groups is 1. The number of amides is 1. The molecule has 0 fully saturated rings. The second kappa shape index (κ2) is 4.97. The van der Waals surface area contributed by atoms with Crippen LogP contribution in [-0.4, -0.2) is 17.9 Å². The molecule has 5 heteroatoms. The quantitative estimate of drug-likeness (QED) is 0.901. The maximum atomic E-state index is 12.0. The molecular weight excluding hydrogens is 234 g/mol. The lowest BCUT2D eigenvalue weighted by molar-refractivity contribution is -0.117. The van der Waals surface area contributed by atoms with Gasteiger partial charge in [0.15, 0.2) is 5.82 Å². The summed E-state index contributed by atoms with van der Waals surface area (Å²) in [6, 6.07) is 7.36. The van der Waals surface area contributed by atoms with E-state index in [0.29, 0.717) is 17.9 Å². The highest BCUT2D eigenvalue weighted by Gasteiger charge is 2.15. The molecule has 88 valence electrons. The Bertz CT molecular complexity index is 510. The first-order valence-corrected chi connectivity index (χ1v) is 6.06. The second-order valence-corrected chi connectivity index (χ2v) is 4.66. The molecular formula is C12H13N3OS. The molecule has 0 saturated carbocycles. The molecule has 2 rings (SSSR count). The third kappa shape index (κ3) is 2.62. The monoisotopic (exact) mass is 247 g/mol. The molecule has 0 spiro atoms. The molecule has 2 aromatic rings. The summed E-state index contributed by atoms with van der Waals surface area (Å²) < 4.78 is 0. The number of likely N-dealkylation sites (N-methyl/N-ethyl adjacent to an activating group) is 1. The van der Waals surface area contributed by atoms with Gasteiger partial charge in [-0.25, -0.2) is 4.98 Å². The Balaban J connectivity index is 2.12. The minimum atomic E-state index is -0.0159. The molecule has 0 aromatic carbocycles. The smallest absolute Gasteiger partial charge is 0.233 e. The van der Waals surface area contributed by atoms with Crippen molar-refractivity contribution in [2.45, 2.75) is 6.42 Å². The number of nitrogen functional groups attached to an aromatic ring is 1. The summed E-state index contributed by atoms with van der Waals surface area (Å²) in [5.41, 5.74) is 6.29. The average molecular weight is 247 g/mol. The fourth-order valence-electron chi connectivity index (χ4n) is 1.49. The molecule has 0 aliphatic carbocycles. The number of nitrogens with zero attached hydrogens (tertiary/aromatic N) is 2. The maximum absolute atomic E-state index is 12.0. The van der Waals surface area contributed by atoms with E-state index in [9.17, 15) is 4.79 Å². The molecule has 0 radical (unpaired) electrons. The van der Waals surface area contributed by atoms with E-state index in [4.69, 9.17) is 5.73 Å². The third-order valence-electron chi connectivity index (χ3n) is 2.41. The summed E-state index contributed by atoms with van der Waals surface area (Å²) in [7, 11) is 1.69. The maximum Gasteiger partial charge on any atom is 0.233 e. The van der Waals surface area contributed by atoms with Crippen molar-refractivity contribution < 1.29 is 4.79 Å². The normalized spacial score (nSPS) is 10.2. The highest BCUT2D eigenvalue weighted by atomic mass is 32.1. The SMILES string of the molecule is CN(C(=O)Cc1cccs1)c1ncccc1N. The van der Waals surface area contributed by atoms with Crippen molar-refractivity contribution >= 4 is 28.7 Å². The van der Waals surface area contributed by atoms with Crippen LogP contribution < -0.4 is 10.6 Å². The minimum Gasteiger partial charge on any atom is -0.396 e. The van der Waals surface area contributed by atoms with Crippen LogP contribution in [0.5, 0.6) is 0 Å². The lowest BCUT2D eigenvalue weighted by Crippen LogP contribution is -2.29. The topological polar surface area (TPSA) is 59.2 Å². The van der Waals surface area contributed by atoms with Crippen LogP contribution in [0.25, 0.3) is 0 Å². The van der Waals surface area contributed by atoms with Gasteiger partial charge in [0, 0.05) is 18.1 Å². The zero-order valence-corrected chi connectivity index (χ0v) is 10.3. The number of thiophene rings is 1. The number of carbonyl (C=O) groups excluding carboxylic acids is 1. The van der Waals surface area contributed by atoms with Crippen LogP contribution in [-0.2, 0) is 11.2 Å². The fourth-order valence-corrected chi connectivity index (χ4v) is 2.18. The number of pyridine rings is 1. The molecule has 2 N–H and O–H groups in total. The van der Waals surface area contributed by atoms with E-state index in [2.05, 4.69) is 4.98 Å². The van der Waals surface area contributed by atoms with Gasteiger partial charge >= 0.3 is 0 Å². The Morgan fingerprint density at radius 2 is 2.29 bits per heavy atom. The lowest BCUT2D eigenvalue weighted by atomic mass is 10.3.